The van der Waals surface area contributed by atoms with Crippen molar-refractivity contribution in [2.75, 3.05) is 10.6 Å². The van der Waals surface area contributed by atoms with Crippen molar-refractivity contribution in [1.29, 1.82) is 0 Å². The quantitative estimate of drug-likeness (QED) is 0.610. The molecule has 0 saturated carbocycles. The Hall–Kier alpha value is -2.51. The predicted molar refractivity (Wildman–Crippen MR) is 113 cm³/mol. The van der Waals surface area contributed by atoms with Crippen molar-refractivity contribution in [1.82, 2.24) is 14.8 Å². The number of amides is 1. The summed E-state index contributed by atoms with van der Waals surface area (Å²) in [6.45, 7) is 2.48. The number of hydrogen-bond donors (Lipinski definition) is 2. The second-order valence-electron chi connectivity index (χ2n) is 6.71. The van der Waals surface area contributed by atoms with Crippen LogP contribution in [0.2, 0.25) is 5.02 Å². The van der Waals surface area contributed by atoms with Gasteiger partial charge >= 0.3 is 0 Å². The molecule has 0 fully saturated rings. The van der Waals surface area contributed by atoms with Gasteiger partial charge in [0.1, 0.15) is 0 Å². The van der Waals surface area contributed by atoms with Gasteiger partial charge in [0.15, 0.2) is 0 Å². The Balaban J connectivity index is 1.41. The number of halogens is 1. The van der Waals surface area contributed by atoms with Crippen molar-refractivity contribution in [2.24, 2.45) is 5.92 Å². The highest BCUT2D eigenvalue weighted by Gasteiger charge is 2.32. The van der Waals surface area contributed by atoms with Gasteiger partial charge in [0, 0.05) is 22.5 Å². The summed E-state index contributed by atoms with van der Waals surface area (Å²) in [6, 6.07) is 17.3. The van der Waals surface area contributed by atoms with E-state index in [0.717, 1.165) is 11.4 Å². The number of nitrogens with zero attached hydrogens (tertiary/aromatic N) is 3. The fraction of sp³-hybridized carbons (Fsp3) is 0.250. The fourth-order valence-corrected chi connectivity index (χ4v) is 3.99. The van der Waals surface area contributed by atoms with Crippen LogP contribution < -0.4 is 10.6 Å². The molecule has 4 rings (SSSR count). The zero-order valence-corrected chi connectivity index (χ0v) is 16.9. The molecule has 1 aromatic heterocycles. The molecule has 2 heterocycles. The number of aromatic nitrogens is 3. The summed E-state index contributed by atoms with van der Waals surface area (Å²) in [4.78, 5) is 17.3. The van der Waals surface area contributed by atoms with Gasteiger partial charge in [0.2, 0.25) is 17.0 Å². The Labute approximate surface area is 172 Å². The highest BCUT2D eigenvalue weighted by molar-refractivity contribution is 7.98. The van der Waals surface area contributed by atoms with Gasteiger partial charge in [-0.3, -0.25) is 4.79 Å². The van der Waals surface area contributed by atoms with Gasteiger partial charge in [-0.1, -0.05) is 53.7 Å². The molecule has 28 heavy (non-hydrogen) atoms. The Kier molecular flexibility index (Phi) is 5.54. The summed E-state index contributed by atoms with van der Waals surface area (Å²) >= 11 is 7.49. The molecule has 2 N–H and O–H groups in total. The number of thioether (sulfide) groups is 1. The highest BCUT2D eigenvalue weighted by atomic mass is 35.5. The minimum absolute atomic E-state index is 0.0454. The Morgan fingerprint density at radius 3 is 2.75 bits per heavy atom. The lowest BCUT2D eigenvalue weighted by molar-refractivity contribution is -0.120. The van der Waals surface area contributed by atoms with Crippen LogP contribution in [0.25, 0.3) is 0 Å². The molecule has 8 heteroatoms. The molecule has 0 spiro atoms. The molecule has 2 aromatic carbocycles. The predicted octanol–water partition coefficient (Wildman–Crippen LogP) is 4.29. The first kappa shape index (κ1) is 18.8. The standard InChI is InChI=1S/C20H20ClN5OS/c1-13-17(18(27)23-16-9-7-15(21)8-10-16)11-26-19(22-13)24-20(25-26)28-12-14-5-3-2-4-6-14/h2-10,13,17H,11-12H2,1H3,(H,23,27)(H,22,24,25)/t13-,17+/m1/s1. The number of fused-ring (bicyclic) bond motifs is 1. The van der Waals surface area contributed by atoms with E-state index in [4.69, 9.17) is 11.6 Å². The molecular weight excluding hydrogens is 394 g/mol. The molecule has 2 atom stereocenters. The van der Waals surface area contributed by atoms with E-state index in [1.54, 1.807) is 40.7 Å². The molecule has 0 saturated heterocycles. The first-order valence-electron chi connectivity index (χ1n) is 9.03. The van der Waals surface area contributed by atoms with E-state index in [1.807, 2.05) is 25.1 Å². The van der Waals surface area contributed by atoms with E-state index in [0.29, 0.717) is 22.7 Å². The minimum atomic E-state index is -0.253. The Morgan fingerprint density at radius 1 is 1.25 bits per heavy atom. The number of hydrogen-bond acceptors (Lipinski definition) is 5. The van der Waals surface area contributed by atoms with Crippen LogP contribution in [0.15, 0.2) is 59.8 Å². The van der Waals surface area contributed by atoms with Gasteiger partial charge in [-0.2, -0.15) is 4.98 Å². The third-order valence-electron chi connectivity index (χ3n) is 4.64. The average molecular weight is 414 g/mol. The summed E-state index contributed by atoms with van der Waals surface area (Å²) < 4.78 is 1.78. The third-order valence-corrected chi connectivity index (χ3v) is 5.80. The molecule has 0 aliphatic carbocycles. The number of benzene rings is 2. The van der Waals surface area contributed by atoms with E-state index in [-0.39, 0.29) is 17.9 Å². The summed E-state index contributed by atoms with van der Waals surface area (Å²) in [7, 11) is 0. The normalized spacial score (nSPS) is 18.2. The molecule has 6 nitrogen and oxygen atoms in total. The van der Waals surface area contributed by atoms with Crippen molar-refractivity contribution in [3.8, 4) is 0 Å². The second-order valence-corrected chi connectivity index (χ2v) is 8.09. The summed E-state index contributed by atoms with van der Waals surface area (Å²) in [5.74, 6) is 1.21. The van der Waals surface area contributed by atoms with E-state index in [9.17, 15) is 4.79 Å². The molecule has 3 aromatic rings. The monoisotopic (exact) mass is 413 g/mol. The molecule has 0 bridgehead atoms. The van der Waals surface area contributed by atoms with Crippen LogP contribution in [0, 0.1) is 5.92 Å². The number of anilines is 2. The number of carbonyl (C=O) groups excluding carboxylic acids is 1. The molecule has 144 valence electrons. The van der Waals surface area contributed by atoms with Crippen LogP contribution in [0.4, 0.5) is 11.6 Å². The van der Waals surface area contributed by atoms with Crippen LogP contribution in [-0.4, -0.2) is 26.7 Å². The number of nitrogens with one attached hydrogen (secondary N) is 2. The van der Waals surface area contributed by atoms with Crippen LogP contribution in [-0.2, 0) is 17.1 Å². The van der Waals surface area contributed by atoms with Gasteiger partial charge in [0.25, 0.3) is 0 Å². The van der Waals surface area contributed by atoms with Crippen LogP contribution >= 0.6 is 23.4 Å². The van der Waals surface area contributed by atoms with Crippen molar-refractivity contribution in [3.63, 3.8) is 0 Å². The van der Waals surface area contributed by atoms with E-state index >= 15 is 0 Å². The molecule has 1 amide bonds. The van der Waals surface area contributed by atoms with Crippen molar-refractivity contribution < 1.29 is 4.79 Å². The van der Waals surface area contributed by atoms with Gasteiger partial charge in [-0.25, -0.2) is 4.68 Å². The summed E-state index contributed by atoms with van der Waals surface area (Å²) in [6.07, 6.45) is 0. The summed E-state index contributed by atoms with van der Waals surface area (Å²) in [5.41, 5.74) is 1.95. The SMILES string of the molecule is C[C@H]1Nc2nc(SCc3ccccc3)nn2C[C@@H]1C(=O)Nc1ccc(Cl)cc1. The lowest BCUT2D eigenvalue weighted by Crippen LogP contribution is -2.43. The lowest BCUT2D eigenvalue weighted by Gasteiger charge is -2.29. The van der Waals surface area contributed by atoms with Crippen LogP contribution in [0.5, 0.6) is 0 Å². The number of rotatable bonds is 5. The van der Waals surface area contributed by atoms with Crippen molar-refractivity contribution in [3.05, 3.63) is 65.2 Å². The maximum absolute atomic E-state index is 12.7. The van der Waals surface area contributed by atoms with Crippen molar-refractivity contribution >= 4 is 40.9 Å². The third kappa shape index (κ3) is 4.31. The van der Waals surface area contributed by atoms with E-state index in [1.165, 1.54) is 5.56 Å². The minimum Gasteiger partial charge on any atom is -0.351 e. The second kappa shape index (κ2) is 8.24. The maximum Gasteiger partial charge on any atom is 0.231 e. The Bertz CT molecular complexity index is 960. The first-order chi connectivity index (χ1) is 13.6. The summed E-state index contributed by atoms with van der Waals surface area (Å²) in [5, 5.41) is 12.2. The van der Waals surface area contributed by atoms with Gasteiger partial charge < -0.3 is 10.6 Å². The van der Waals surface area contributed by atoms with Gasteiger partial charge in [-0.05, 0) is 36.8 Å². The molecule has 1 aliphatic rings. The molecule has 0 unspecified atom stereocenters. The van der Waals surface area contributed by atoms with Crippen LogP contribution in [0.1, 0.15) is 12.5 Å². The largest absolute Gasteiger partial charge is 0.351 e. The van der Waals surface area contributed by atoms with E-state index in [2.05, 4.69) is 32.8 Å². The smallest absolute Gasteiger partial charge is 0.231 e. The Morgan fingerprint density at radius 2 is 2.00 bits per heavy atom. The first-order valence-corrected chi connectivity index (χ1v) is 10.4. The van der Waals surface area contributed by atoms with Gasteiger partial charge in [-0.15, -0.1) is 5.10 Å². The average Bonchev–Trinajstić information content (AvgIpc) is 3.10. The molecule has 0 radical (unpaired) electrons. The van der Waals surface area contributed by atoms with E-state index < -0.39 is 0 Å². The number of carbonyl (C=O) groups is 1. The zero-order valence-electron chi connectivity index (χ0n) is 15.3. The van der Waals surface area contributed by atoms with Gasteiger partial charge in [0.05, 0.1) is 12.5 Å². The maximum atomic E-state index is 12.7. The zero-order chi connectivity index (χ0) is 19.5. The topological polar surface area (TPSA) is 71.8 Å². The lowest BCUT2D eigenvalue weighted by atomic mass is 9.98. The fourth-order valence-electron chi connectivity index (χ4n) is 3.07. The highest BCUT2D eigenvalue weighted by Crippen LogP contribution is 2.27. The molecule has 1 aliphatic heterocycles. The van der Waals surface area contributed by atoms with Crippen LogP contribution in [0.3, 0.4) is 0 Å². The van der Waals surface area contributed by atoms with Crippen molar-refractivity contribution in [2.45, 2.75) is 30.4 Å². The molecular formula is C20H20ClN5OS.